The fourth-order valence-electron chi connectivity index (χ4n) is 5.32. The van der Waals surface area contributed by atoms with Gasteiger partial charge in [-0.2, -0.15) is 0 Å². The van der Waals surface area contributed by atoms with Gasteiger partial charge in [0, 0.05) is 31.6 Å². The molecule has 0 saturated carbocycles. The van der Waals surface area contributed by atoms with Crippen LogP contribution < -0.4 is 37.6 Å². The largest absolute Gasteiger partial charge is 0.481 e. The SMILES string of the molecule is CC(C)COC(=O)NCCOCCOCCOCCOCCC(=O)N[C@@H](CCC(=O)O)C(=O)N[C@H](C(=O)N[C@@H](CCCNC(N)=O)C(=O)Nc1ccc(COC(=O)C(C)C)cc1)C(C)C. The van der Waals surface area contributed by atoms with Crippen LogP contribution >= 0.6 is 0 Å². The number of alkyl carbamates (subject to hydrolysis) is 1. The third-order valence-electron chi connectivity index (χ3n) is 8.87. The number of carboxylic acid groups (broad SMARTS) is 1. The summed E-state index contributed by atoms with van der Waals surface area (Å²) in [5.41, 5.74) is 6.24. The van der Waals surface area contributed by atoms with Crippen molar-refractivity contribution in [2.24, 2.45) is 23.5 Å². The Hall–Kier alpha value is -5.58. The molecule has 1 aromatic carbocycles. The summed E-state index contributed by atoms with van der Waals surface area (Å²) < 4.78 is 32.0. The Balaban J connectivity index is 2.65. The normalized spacial score (nSPS) is 12.4. The molecule has 7 amide bonds. The maximum atomic E-state index is 13.7. The molecule has 0 saturated heterocycles. The van der Waals surface area contributed by atoms with Gasteiger partial charge in [0.15, 0.2) is 0 Å². The number of hydrogen-bond donors (Lipinski definition) is 8. The van der Waals surface area contributed by atoms with E-state index >= 15 is 0 Å². The molecule has 3 atom stereocenters. The number of aliphatic carboxylic acids is 1. The minimum atomic E-state index is -1.31. The number of nitrogens with one attached hydrogen (secondary N) is 6. The van der Waals surface area contributed by atoms with Crippen molar-refractivity contribution in [3.63, 3.8) is 0 Å². The van der Waals surface area contributed by atoms with Crippen LogP contribution in [0.1, 0.15) is 79.2 Å². The number of hydrogen-bond acceptors (Lipinski definition) is 14. The second-order valence-corrected chi connectivity index (χ2v) is 15.8. The summed E-state index contributed by atoms with van der Waals surface area (Å²) >= 11 is 0. The fourth-order valence-corrected chi connectivity index (χ4v) is 5.32. The van der Waals surface area contributed by atoms with Crippen molar-refractivity contribution in [1.29, 1.82) is 0 Å². The lowest BCUT2D eigenvalue weighted by atomic mass is 10.0. The van der Waals surface area contributed by atoms with E-state index in [-0.39, 0.29) is 76.5 Å². The summed E-state index contributed by atoms with van der Waals surface area (Å²) in [5, 5.41) is 24.9. The number of anilines is 1. The van der Waals surface area contributed by atoms with Crippen LogP contribution in [0.5, 0.6) is 0 Å². The van der Waals surface area contributed by atoms with Crippen LogP contribution in [0.25, 0.3) is 0 Å². The van der Waals surface area contributed by atoms with E-state index in [1.165, 1.54) is 0 Å². The third-order valence-corrected chi connectivity index (χ3v) is 8.87. The summed E-state index contributed by atoms with van der Waals surface area (Å²) in [4.78, 5) is 99.5. The van der Waals surface area contributed by atoms with Gasteiger partial charge in [-0.25, -0.2) is 9.59 Å². The van der Waals surface area contributed by atoms with Crippen LogP contribution in [0.15, 0.2) is 24.3 Å². The molecule has 0 bridgehead atoms. The average Bonchev–Trinajstić information content (AvgIpc) is 3.24. The van der Waals surface area contributed by atoms with E-state index in [4.69, 9.17) is 34.2 Å². The van der Waals surface area contributed by atoms with Crippen LogP contribution in [0.4, 0.5) is 15.3 Å². The van der Waals surface area contributed by atoms with Gasteiger partial charge < -0.3 is 71.2 Å². The first kappa shape index (κ1) is 57.4. The quantitative estimate of drug-likeness (QED) is 0.0354. The fraction of sp³-hybridized carbons (Fsp3) is 0.674. The molecular formula is C43H71N7O15. The van der Waals surface area contributed by atoms with Gasteiger partial charge in [-0.15, -0.1) is 0 Å². The number of benzene rings is 1. The smallest absolute Gasteiger partial charge is 0.407 e. The van der Waals surface area contributed by atoms with Crippen LogP contribution in [0, 0.1) is 17.8 Å². The van der Waals surface area contributed by atoms with Crippen LogP contribution in [-0.2, 0) is 63.8 Å². The van der Waals surface area contributed by atoms with E-state index in [1.807, 2.05) is 13.8 Å². The molecule has 0 fully saturated rings. The first-order chi connectivity index (χ1) is 30.9. The molecule has 0 aliphatic rings. The lowest BCUT2D eigenvalue weighted by Crippen LogP contribution is -2.58. The highest BCUT2D eigenvalue weighted by atomic mass is 16.6. The molecule has 0 radical (unpaired) electrons. The Morgan fingerprint density at radius 1 is 0.631 bits per heavy atom. The zero-order valence-corrected chi connectivity index (χ0v) is 38.5. The van der Waals surface area contributed by atoms with Crippen molar-refractivity contribution in [3.05, 3.63) is 29.8 Å². The van der Waals surface area contributed by atoms with E-state index in [2.05, 4.69) is 31.9 Å². The molecule has 0 unspecified atom stereocenters. The number of urea groups is 1. The number of ether oxygens (including phenoxy) is 6. The Labute approximate surface area is 380 Å². The van der Waals surface area contributed by atoms with E-state index in [1.54, 1.807) is 52.0 Å². The average molecular weight is 926 g/mol. The van der Waals surface area contributed by atoms with Gasteiger partial charge in [-0.05, 0) is 48.8 Å². The van der Waals surface area contributed by atoms with Crippen LogP contribution in [-0.4, -0.2) is 143 Å². The Morgan fingerprint density at radius 2 is 1.22 bits per heavy atom. The number of esters is 1. The Bertz CT molecular complexity index is 1610. The highest BCUT2D eigenvalue weighted by Crippen LogP contribution is 2.14. The summed E-state index contributed by atoms with van der Waals surface area (Å²) in [5.74, 6) is -4.83. The topological polar surface area (TPSA) is 310 Å². The summed E-state index contributed by atoms with van der Waals surface area (Å²) in [6, 6.07) is 2.12. The zero-order valence-electron chi connectivity index (χ0n) is 38.5. The standard InChI is InChI=1S/C43H71N7O15/c1-28(2)26-65-43(59)46-17-19-61-21-23-63-25-24-62-22-20-60-18-15-35(51)48-34(13-14-36(52)53)39(55)50-37(29(3)4)40(56)49-33(8-7-16-45-42(44)58)38(54)47-32-11-9-31(10-12-32)27-64-41(57)30(5)6/h9-12,28-30,33-34,37H,7-8,13-27H2,1-6H3,(H,46,59)(H,47,54)(H,48,51)(H,49,56)(H,50,55)(H,52,53)(H3,44,45,58)/t33-,34-,37-/m0/s1. The molecule has 1 aromatic rings. The third kappa shape index (κ3) is 28.8. The summed E-state index contributed by atoms with van der Waals surface area (Å²) in [7, 11) is 0. The predicted molar refractivity (Wildman–Crippen MR) is 236 cm³/mol. The van der Waals surface area contributed by atoms with Crippen molar-refractivity contribution in [1.82, 2.24) is 26.6 Å². The Kier molecular flexibility index (Phi) is 29.9. The minimum absolute atomic E-state index is 0.0199. The van der Waals surface area contributed by atoms with E-state index in [9.17, 15) is 43.5 Å². The first-order valence-electron chi connectivity index (χ1n) is 21.8. The lowest BCUT2D eigenvalue weighted by Gasteiger charge is -2.27. The lowest BCUT2D eigenvalue weighted by molar-refractivity contribution is -0.148. The second kappa shape index (κ2) is 33.9. The molecule has 0 aliphatic heterocycles. The number of rotatable bonds is 35. The summed E-state index contributed by atoms with van der Waals surface area (Å²) in [6.45, 7) is 13.4. The Morgan fingerprint density at radius 3 is 1.77 bits per heavy atom. The van der Waals surface area contributed by atoms with Gasteiger partial charge in [-0.1, -0.05) is 53.7 Å². The van der Waals surface area contributed by atoms with Gasteiger partial charge in [0.2, 0.25) is 23.6 Å². The van der Waals surface area contributed by atoms with Crippen molar-refractivity contribution < 1.29 is 71.9 Å². The zero-order chi connectivity index (χ0) is 48.6. The van der Waals surface area contributed by atoms with Crippen molar-refractivity contribution >= 4 is 53.4 Å². The molecule has 368 valence electrons. The van der Waals surface area contributed by atoms with Crippen LogP contribution in [0.3, 0.4) is 0 Å². The molecule has 0 aliphatic carbocycles. The van der Waals surface area contributed by atoms with Gasteiger partial charge in [0.05, 0.1) is 65.4 Å². The molecule has 22 nitrogen and oxygen atoms in total. The molecular weight excluding hydrogens is 855 g/mol. The predicted octanol–water partition coefficient (Wildman–Crippen LogP) is 1.59. The highest BCUT2D eigenvalue weighted by Gasteiger charge is 2.32. The van der Waals surface area contributed by atoms with Gasteiger partial charge >= 0.3 is 24.1 Å². The molecule has 22 heteroatoms. The molecule has 1 rings (SSSR count). The molecule has 0 spiro atoms. The van der Waals surface area contributed by atoms with Crippen molar-refractivity contribution in [2.75, 3.05) is 77.9 Å². The maximum Gasteiger partial charge on any atom is 0.407 e. The number of carboxylic acids is 1. The number of carbonyl (C=O) groups is 8. The van der Waals surface area contributed by atoms with Crippen molar-refractivity contribution in [2.45, 2.75) is 98.4 Å². The monoisotopic (exact) mass is 926 g/mol. The van der Waals surface area contributed by atoms with Gasteiger partial charge in [-0.3, -0.25) is 28.8 Å². The van der Waals surface area contributed by atoms with E-state index in [0.717, 1.165) is 0 Å². The summed E-state index contributed by atoms with van der Waals surface area (Å²) in [6.07, 6.45) is -1.06. The number of nitrogens with two attached hydrogens (primary N) is 1. The van der Waals surface area contributed by atoms with Crippen LogP contribution in [0.2, 0.25) is 0 Å². The first-order valence-corrected chi connectivity index (χ1v) is 21.8. The van der Waals surface area contributed by atoms with Crippen molar-refractivity contribution in [3.8, 4) is 0 Å². The number of amides is 7. The molecule has 0 aromatic heterocycles. The maximum absolute atomic E-state index is 13.7. The molecule has 9 N–H and O–H groups in total. The minimum Gasteiger partial charge on any atom is -0.481 e. The van der Waals surface area contributed by atoms with E-state index in [0.29, 0.717) is 57.4 Å². The highest BCUT2D eigenvalue weighted by molar-refractivity contribution is 5.99. The molecule has 65 heavy (non-hydrogen) atoms. The number of carbonyl (C=O) groups excluding carboxylic acids is 7. The number of primary amides is 1. The van der Waals surface area contributed by atoms with Gasteiger partial charge in [0.25, 0.3) is 0 Å². The second-order valence-electron chi connectivity index (χ2n) is 15.8. The molecule has 0 heterocycles. The van der Waals surface area contributed by atoms with E-state index < -0.39 is 72.2 Å². The van der Waals surface area contributed by atoms with Gasteiger partial charge in [0.1, 0.15) is 24.7 Å².